The molecule has 1 aliphatic carbocycles. The lowest BCUT2D eigenvalue weighted by Gasteiger charge is -2.46. The van der Waals surface area contributed by atoms with Crippen molar-refractivity contribution in [2.45, 2.75) is 134 Å². The molecule has 0 aromatic rings. The van der Waals surface area contributed by atoms with Crippen molar-refractivity contribution in [2.24, 2.45) is 5.41 Å². The van der Waals surface area contributed by atoms with Crippen LogP contribution in [0.5, 0.6) is 0 Å². The number of hydrogen-bond donors (Lipinski definition) is 7. The van der Waals surface area contributed by atoms with Crippen LogP contribution in [0.2, 0.25) is 0 Å². The van der Waals surface area contributed by atoms with Crippen molar-refractivity contribution in [3.8, 4) is 0 Å². The van der Waals surface area contributed by atoms with Gasteiger partial charge in [-0.2, -0.15) is 0 Å². The Balaban J connectivity index is 1.54. The SMILES string of the molecule is CC1=C(/C=C/C(C)=C/CCC(C)OC2O[C@H](CO)[C@@H](O[C@@H]3O[C@H](CO)[C@@H](O)[C@H](O)[C@H]3O)[C@H](O)[C@H]2O)C(C)(C)CCC1. The Hall–Kier alpha value is -1.22. The third kappa shape index (κ3) is 8.45. The van der Waals surface area contributed by atoms with Gasteiger partial charge in [-0.05, 0) is 63.9 Å². The first-order valence-corrected chi connectivity index (χ1v) is 14.6. The molecule has 7 N–H and O–H groups in total. The van der Waals surface area contributed by atoms with Crippen molar-refractivity contribution in [1.82, 2.24) is 0 Å². The molecular weight excluding hydrogens is 536 g/mol. The molecule has 41 heavy (non-hydrogen) atoms. The molecule has 0 radical (unpaired) electrons. The summed E-state index contributed by atoms with van der Waals surface area (Å²) < 4.78 is 22.5. The molecule has 0 spiro atoms. The number of rotatable bonds is 11. The molecule has 0 saturated carbocycles. The van der Waals surface area contributed by atoms with Gasteiger partial charge in [0, 0.05) is 0 Å². The van der Waals surface area contributed by atoms with Gasteiger partial charge >= 0.3 is 0 Å². The summed E-state index contributed by atoms with van der Waals surface area (Å²) in [5.41, 5.74) is 4.17. The summed E-state index contributed by atoms with van der Waals surface area (Å²) in [7, 11) is 0. The van der Waals surface area contributed by atoms with E-state index in [4.69, 9.17) is 18.9 Å². The quantitative estimate of drug-likeness (QED) is 0.171. The van der Waals surface area contributed by atoms with Crippen LogP contribution in [0.1, 0.15) is 66.7 Å². The first kappa shape index (κ1) is 34.3. The van der Waals surface area contributed by atoms with Gasteiger partial charge in [0.2, 0.25) is 0 Å². The minimum absolute atomic E-state index is 0.179. The highest BCUT2D eigenvalue weighted by atomic mass is 16.7. The van der Waals surface area contributed by atoms with Crippen LogP contribution < -0.4 is 0 Å². The highest BCUT2D eigenvalue weighted by Gasteiger charge is 2.50. The van der Waals surface area contributed by atoms with Crippen molar-refractivity contribution in [1.29, 1.82) is 0 Å². The minimum Gasteiger partial charge on any atom is -0.394 e. The molecule has 11 nitrogen and oxygen atoms in total. The standard InChI is InChI=1S/C30H50O11/c1-16(11-12-19-17(2)9-7-13-30(19,4)5)8-6-10-18(3)38-28-26(37)24(35)27(21(15-32)40-28)41-29-25(36)23(34)22(33)20(14-31)39-29/h8,11-12,18,20-29,31-37H,6-7,9-10,13-15H2,1-5H3/b12-11+,16-8+/t18?,20-,21-,22-,23+,24-,25-,26-,27-,28?,29+/m1/s1. The second-order valence-corrected chi connectivity index (χ2v) is 12.2. The van der Waals surface area contributed by atoms with Gasteiger partial charge in [-0.1, -0.05) is 43.2 Å². The van der Waals surface area contributed by atoms with E-state index in [1.807, 2.05) is 6.92 Å². The van der Waals surface area contributed by atoms with Crippen LogP contribution in [-0.4, -0.2) is 116 Å². The normalized spacial score (nSPS) is 39.4. The smallest absolute Gasteiger partial charge is 0.187 e. The van der Waals surface area contributed by atoms with E-state index in [0.717, 1.165) is 18.4 Å². The molecule has 11 atom stereocenters. The second kappa shape index (κ2) is 15.0. The Bertz CT molecular complexity index is 927. The Kier molecular flexibility index (Phi) is 12.5. The molecule has 0 aromatic heterocycles. The van der Waals surface area contributed by atoms with E-state index < -0.39 is 74.6 Å². The molecule has 0 bridgehead atoms. The lowest BCUT2D eigenvalue weighted by atomic mass is 9.72. The zero-order valence-electron chi connectivity index (χ0n) is 24.8. The fourth-order valence-electron chi connectivity index (χ4n) is 5.80. The van der Waals surface area contributed by atoms with E-state index in [1.165, 1.54) is 24.0 Å². The fraction of sp³-hybridized carbons (Fsp3) is 0.800. The van der Waals surface area contributed by atoms with Crippen LogP contribution in [0.25, 0.3) is 0 Å². The lowest BCUT2D eigenvalue weighted by molar-refractivity contribution is -0.362. The molecule has 0 aromatic carbocycles. The maximum Gasteiger partial charge on any atom is 0.187 e. The monoisotopic (exact) mass is 586 g/mol. The summed E-state index contributed by atoms with van der Waals surface area (Å²) in [4.78, 5) is 0. The molecule has 3 aliphatic rings. The predicted molar refractivity (Wildman–Crippen MR) is 149 cm³/mol. The van der Waals surface area contributed by atoms with Crippen LogP contribution in [0.15, 0.2) is 34.9 Å². The number of hydrogen-bond acceptors (Lipinski definition) is 11. The lowest BCUT2D eigenvalue weighted by Crippen LogP contribution is -2.64. The molecule has 11 heteroatoms. The molecule has 2 aliphatic heterocycles. The summed E-state index contributed by atoms with van der Waals surface area (Å²) in [5, 5.41) is 71.0. The van der Waals surface area contributed by atoms with E-state index >= 15 is 0 Å². The maximum atomic E-state index is 10.8. The highest BCUT2D eigenvalue weighted by molar-refractivity contribution is 5.35. The van der Waals surface area contributed by atoms with Crippen molar-refractivity contribution < 1.29 is 54.7 Å². The van der Waals surface area contributed by atoms with Crippen LogP contribution >= 0.6 is 0 Å². The van der Waals surface area contributed by atoms with Gasteiger partial charge in [0.25, 0.3) is 0 Å². The van der Waals surface area contributed by atoms with Crippen LogP contribution in [-0.2, 0) is 18.9 Å². The summed E-state index contributed by atoms with van der Waals surface area (Å²) in [6, 6.07) is 0. The van der Waals surface area contributed by atoms with Gasteiger partial charge in [0.15, 0.2) is 12.6 Å². The van der Waals surface area contributed by atoms with Crippen LogP contribution in [0.3, 0.4) is 0 Å². The summed E-state index contributed by atoms with van der Waals surface area (Å²) in [5.74, 6) is 0. The van der Waals surface area contributed by atoms with Crippen molar-refractivity contribution in [2.75, 3.05) is 13.2 Å². The van der Waals surface area contributed by atoms with Gasteiger partial charge in [0.1, 0.15) is 48.8 Å². The van der Waals surface area contributed by atoms with E-state index in [2.05, 4.69) is 45.9 Å². The van der Waals surface area contributed by atoms with Gasteiger partial charge in [-0.25, -0.2) is 0 Å². The maximum absolute atomic E-state index is 10.8. The molecule has 2 heterocycles. The molecule has 3 rings (SSSR count). The van der Waals surface area contributed by atoms with Gasteiger partial charge in [-0.15, -0.1) is 0 Å². The van der Waals surface area contributed by atoms with Crippen molar-refractivity contribution in [3.05, 3.63) is 34.9 Å². The number of aliphatic hydroxyl groups is 7. The van der Waals surface area contributed by atoms with Gasteiger partial charge in [0.05, 0.1) is 19.3 Å². The number of ether oxygens (including phenoxy) is 4. The van der Waals surface area contributed by atoms with E-state index in [1.54, 1.807) is 0 Å². The average molecular weight is 587 g/mol. The van der Waals surface area contributed by atoms with Crippen LogP contribution in [0, 0.1) is 5.41 Å². The zero-order valence-corrected chi connectivity index (χ0v) is 24.8. The molecule has 2 saturated heterocycles. The Labute approximate surface area is 242 Å². The van der Waals surface area contributed by atoms with Gasteiger partial charge < -0.3 is 54.7 Å². The predicted octanol–water partition coefficient (Wildman–Crippen LogP) is 0.825. The Morgan fingerprint density at radius 1 is 0.951 bits per heavy atom. The van der Waals surface area contributed by atoms with E-state index in [9.17, 15) is 35.7 Å². The van der Waals surface area contributed by atoms with Gasteiger partial charge in [-0.3, -0.25) is 0 Å². The second-order valence-electron chi connectivity index (χ2n) is 12.2. The topological polar surface area (TPSA) is 179 Å². The minimum atomic E-state index is -1.72. The third-order valence-corrected chi connectivity index (χ3v) is 8.42. The first-order valence-electron chi connectivity index (χ1n) is 14.6. The first-order chi connectivity index (χ1) is 19.3. The van der Waals surface area contributed by atoms with Crippen molar-refractivity contribution >= 4 is 0 Å². The highest BCUT2D eigenvalue weighted by Crippen LogP contribution is 2.40. The summed E-state index contributed by atoms with van der Waals surface area (Å²) in [6.45, 7) is 9.40. The molecule has 2 unspecified atom stereocenters. The summed E-state index contributed by atoms with van der Waals surface area (Å²) >= 11 is 0. The molecule has 2 fully saturated rings. The molecule has 0 amide bonds. The van der Waals surface area contributed by atoms with E-state index in [-0.39, 0.29) is 11.5 Å². The summed E-state index contributed by atoms with van der Waals surface area (Å²) in [6.07, 6.45) is -3.66. The molecule has 236 valence electrons. The zero-order chi connectivity index (χ0) is 30.5. The molecular formula is C30H50O11. The fourth-order valence-corrected chi connectivity index (χ4v) is 5.80. The average Bonchev–Trinajstić information content (AvgIpc) is 2.92. The van der Waals surface area contributed by atoms with Crippen molar-refractivity contribution in [3.63, 3.8) is 0 Å². The van der Waals surface area contributed by atoms with Crippen LogP contribution in [0.4, 0.5) is 0 Å². The van der Waals surface area contributed by atoms with E-state index in [0.29, 0.717) is 6.42 Å². The Morgan fingerprint density at radius 2 is 1.59 bits per heavy atom. The number of allylic oxidation sites excluding steroid dienone is 6. The Morgan fingerprint density at radius 3 is 2.22 bits per heavy atom. The third-order valence-electron chi connectivity index (χ3n) is 8.42. The number of aliphatic hydroxyl groups excluding tert-OH is 7. The largest absolute Gasteiger partial charge is 0.394 e.